The number of aliphatic hydroxyl groups is 1. The molecule has 0 unspecified atom stereocenters. The second-order valence-electron chi connectivity index (χ2n) is 4.51. The average Bonchev–Trinajstić information content (AvgIpc) is 1.86. The van der Waals surface area contributed by atoms with Crippen LogP contribution in [0.15, 0.2) is 12.7 Å². The van der Waals surface area contributed by atoms with Crippen LogP contribution < -0.4 is 0 Å². The lowest BCUT2D eigenvalue weighted by atomic mass is 9.71. The maximum atomic E-state index is 9.22. The summed E-state index contributed by atoms with van der Waals surface area (Å²) in [5.41, 5.74) is 0.171. The first-order valence-electron chi connectivity index (χ1n) is 4.67. The second-order valence-corrected chi connectivity index (χ2v) is 4.51. The first-order valence-corrected chi connectivity index (χ1v) is 4.67. The van der Waals surface area contributed by atoms with Gasteiger partial charge in [-0.25, -0.2) is 0 Å². The molecular formula is C11H22O. The molecule has 0 aromatic rings. The van der Waals surface area contributed by atoms with E-state index in [0.29, 0.717) is 11.8 Å². The van der Waals surface area contributed by atoms with Crippen LogP contribution in [0.5, 0.6) is 0 Å². The topological polar surface area (TPSA) is 20.2 Å². The monoisotopic (exact) mass is 170 g/mol. The van der Waals surface area contributed by atoms with Gasteiger partial charge in [0.05, 0.1) is 0 Å². The number of hydrogen-bond acceptors (Lipinski definition) is 1. The molecule has 1 N–H and O–H groups in total. The normalized spacial score (nSPS) is 14.8. The van der Waals surface area contributed by atoms with Crippen molar-refractivity contribution in [3.8, 4) is 0 Å². The predicted octanol–water partition coefficient (Wildman–Crippen LogP) is 2.85. The zero-order chi connectivity index (χ0) is 9.78. The molecule has 0 bridgehead atoms. The molecule has 0 aliphatic heterocycles. The number of aliphatic hydroxyl groups excluding tert-OH is 1. The van der Waals surface area contributed by atoms with Gasteiger partial charge in [0.1, 0.15) is 0 Å². The van der Waals surface area contributed by atoms with Gasteiger partial charge in [0.25, 0.3) is 0 Å². The first-order chi connectivity index (χ1) is 5.45. The molecular weight excluding hydrogens is 148 g/mol. The standard InChI is InChI=1S/C11H22O/c1-6-7-11(4,5)10(8-12)9(2)3/h6,9-10,12H,1,7-8H2,2-5H3/t10-/m1/s1. The molecule has 1 nitrogen and oxygen atoms in total. The first kappa shape index (κ1) is 11.7. The van der Waals surface area contributed by atoms with Crippen molar-refractivity contribution in [2.45, 2.75) is 34.1 Å². The van der Waals surface area contributed by atoms with Crippen molar-refractivity contribution in [1.82, 2.24) is 0 Å². The van der Waals surface area contributed by atoms with Crippen LogP contribution in [-0.4, -0.2) is 11.7 Å². The summed E-state index contributed by atoms with van der Waals surface area (Å²) in [6.45, 7) is 12.7. The number of rotatable bonds is 5. The van der Waals surface area contributed by atoms with Gasteiger partial charge >= 0.3 is 0 Å². The Kier molecular flexibility index (Phi) is 4.54. The third-order valence-electron chi connectivity index (χ3n) is 2.68. The van der Waals surface area contributed by atoms with E-state index in [2.05, 4.69) is 34.3 Å². The van der Waals surface area contributed by atoms with E-state index >= 15 is 0 Å². The third kappa shape index (κ3) is 2.98. The third-order valence-corrected chi connectivity index (χ3v) is 2.68. The van der Waals surface area contributed by atoms with E-state index in [-0.39, 0.29) is 12.0 Å². The van der Waals surface area contributed by atoms with Gasteiger partial charge in [-0.2, -0.15) is 0 Å². The van der Waals surface area contributed by atoms with Crippen LogP contribution in [0.4, 0.5) is 0 Å². The Bertz CT molecular complexity index is 136. The van der Waals surface area contributed by atoms with Crippen LogP contribution in [0.3, 0.4) is 0 Å². The molecule has 0 saturated carbocycles. The Morgan fingerprint density at radius 2 is 1.92 bits per heavy atom. The van der Waals surface area contributed by atoms with E-state index in [0.717, 1.165) is 6.42 Å². The van der Waals surface area contributed by atoms with Crippen molar-refractivity contribution in [1.29, 1.82) is 0 Å². The van der Waals surface area contributed by atoms with E-state index in [1.54, 1.807) is 0 Å². The summed E-state index contributed by atoms with van der Waals surface area (Å²) in [5.74, 6) is 0.903. The van der Waals surface area contributed by atoms with Crippen molar-refractivity contribution in [2.24, 2.45) is 17.3 Å². The number of hydrogen-bond donors (Lipinski definition) is 1. The van der Waals surface area contributed by atoms with Crippen molar-refractivity contribution < 1.29 is 5.11 Å². The molecule has 0 rings (SSSR count). The van der Waals surface area contributed by atoms with Crippen molar-refractivity contribution in [3.63, 3.8) is 0 Å². The van der Waals surface area contributed by atoms with Crippen LogP contribution in [0.1, 0.15) is 34.1 Å². The maximum absolute atomic E-state index is 9.22. The Labute approximate surface area is 76.5 Å². The molecule has 0 saturated heterocycles. The molecule has 1 heteroatoms. The summed E-state index contributed by atoms with van der Waals surface area (Å²) < 4.78 is 0. The van der Waals surface area contributed by atoms with E-state index in [4.69, 9.17) is 0 Å². The molecule has 0 aromatic carbocycles. The lowest BCUT2D eigenvalue weighted by Gasteiger charge is -2.35. The van der Waals surface area contributed by atoms with Gasteiger partial charge < -0.3 is 5.11 Å². The van der Waals surface area contributed by atoms with E-state index < -0.39 is 0 Å². The minimum absolute atomic E-state index is 0.171. The van der Waals surface area contributed by atoms with Gasteiger partial charge in [-0.1, -0.05) is 33.8 Å². The Balaban J connectivity index is 4.35. The van der Waals surface area contributed by atoms with Crippen LogP contribution in [0.25, 0.3) is 0 Å². The summed E-state index contributed by atoms with van der Waals surface area (Å²) in [4.78, 5) is 0. The van der Waals surface area contributed by atoms with E-state index in [1.165, 1.54) is 0 Å². The van der Waals surface area contributed by atoms with Crippen LogP contribution in [0, 0.1) is 17.3 Å². The fourth-order valence-corrected chi connectivity index (χ4v) is 1.88. The van der Waals surface area contributed by atoms with E-state index in [9.17, 15) is 5.11 Å². The fraction of sp³-hybridized carbons (Fsp3) is 0.818. The summed E-state index contributed by atoms with van der Waals surface area (Å²) in [5, 5.41) is 9.22. The van der Waals surface area contributed by atoms with Gasteiger partial charge in [-0.3, -0.25) is 0 Å². The minimum Gasteiger partial charge on any atom is -0.396 e. The highest BCUT2D eigenvalue weighted by Gasteiger charge is 2.29. The lowest BCUT2D eigenvalue weighted by Crippen LogP contribution is -2.30. The molecule has 0 spiro atoms. The highest BCUT2D eigenvalue weighted by Crippen LogP contribution is 2.35. The maximum Gasteiger partial charge on any atom is 0.0466 e. The molecule has 72 valence electrons. The quantitative estimate of drug-likeness (QED) is 0.629. The molecule has 0 heterocycles. The average molecular weight is 170 g/mol. The molecule has 0 amide bonds. The minimum atomic E-state index is 0.171. The Morgan fingerprint density at radius 3 is 2.17 bits per heavy atom. The number of allylic oxidation sites excluding steroid dienone is 1. The van der Waals surface area contributed by atoms with Crippen LogP contribution in [-0.2, 0) is 0 Å². The Morgan fingerprint density at radius 1 is 1.42 bits per heavy atom. The van der Waals surface area contributed by atoms with Crippen LogP contribution in [0.2, 0.25) is 0 Å². The predicted molar refractivity (Wildman–Crippen MR) is 54.0 cm³/mol. The van der Waals surface area contributed by atoms with Crippen molar-refractivity contribution in [3.05, 3.63) is 12.7 Å². The molecule has 12 heavy (non-hydrogen) atoms. The molecule has 0 aromatic heterocycles. The molecule has 0 radical (unpaired) electrons. The molecule has 0 aliphatic rings. The van der Waals surface area contributed by atoms with Crippen molar-refractivity contribution >= 4 is 0 Å². The summed E-state index contributed by atoms with van der Waals surface area (Å²) in [6, 6.07) is 0. The smallest absolute Gasteiger partial charge is 0.0466 e. The zero-order valence-corrected chi connectivity index (χ0v) is 8.80. The molecule has 0 fully saturated rings. The van der Waals surface area contributed by atoms with E-state index in [1.807, 2.05) is 6.08 Å². The van der Waals surface area contributed by atoms with Crippen molar-refractivity contribution in [2.75, 3.05) is 6.61 Å². The van der Waals surface area contributed by atoms with Gasteiger partial charge in [0.2, 0.25) is 0 Å². The lowest BCUT2D eigenvalue weighted by molar-refractivity contribution is 0.0811. The zero-order valence-electron chi connectivity index (χ0n) is 8.80. The fourth-order valence-electron chi connectivity index (χ4n) is 1.88. The SMILES string of the molecule is C=CCC(C)(C)[C@H](CO)C(C)C. The van der Waals surface area contributed by atoms with Crippen LogP contribution >= 0.6 is 0 Å². The summed E-state index contributed by atoms with van der Waals surface area (Å²) >= 11 is 0. The summed E-state index contributed by atoms with van der Waals surface area (Å²) in [6.07, 6.45) is 2.90. The van der Waals surface area contributed by atoms with Gasteiger partial charge in [-0.15, -0.1) is 6.58 Å². The highest BCUT2D eigenvalue weighted by atomic mass is 16.3. The second kappa shape index (κ2) is 4.66. The summed E-state index contributed by atoms with van der Waals surface area (Å²) in [7, 11) is 0. The van der Waals surface area contributed by atoms with Gasteiger partial charge in [0, 0.05) is 6.61 Å². The highest BCUT2D eigenvalue weighted by molar-refractivity contribution is 4.86. The van der Waals surface area contributed by atoms with Gasteiger partial charge in [-0.05, 0) is 23.7 Å². The Hall–Kier alpha value is -0.300. The largest absolute Gasteiger partial charge is 0.396 e. The molecule has 0 aliphatic carbocycles. The molecule has 1 atom stereocenters. The van der Waals surface area contributed by atoms with Gasteiger partial charge in [0.15, 0.2) is 0 Å².